The van der Waals surface area contributed by atoms with Gasteiger partial charge in [-0.3, -0.25) is 0 Å². The van der Waals surface area contributed by atoms with Crippen LogP contribution in [0.1, 0.15) is 59.3 Å². The molecule has 0 aromatic heterocycles. The normalized spacial score (nSPS) is 11.7. The second-order valence-electron chi connectivity index (χ2n) is 4.10. The third-order valence-corrected chi connectivity index (χ3v) is 2.81. The fraction of sp³-hybridized carbons (Fsp3) is 0.833. The lowest BCUT2D eigenvalue weighted by molar-refractivity contribution is 0.0213. The highest BCUT2D eigenvalue weighted by Gasteiger charge is 2.20. The summed E-state index contributed by atoms with van der Waals surface area (Å²) < 4.78 is 0. The van der Waals surface area contributed by atoms with Crippen LogP contribution in [0, 0.1) is 0 Å². The minimum absolute atomic E-state index is 0.408. The van der Waals surface area contributed by atoms with Crippen LogP contribution in [0.2, 0.25) is 0 Å². The molecule has 0 aromatic carbocycles. The molecule has 0 heterocycles. The van der Waals surface area contributed by atoms with Gasteiger partial charge in [0, 0.05) is 0 Å². The number of hydrogen-bond donors (Lipinski definition) is 1. The van der Waals surface area contributed by atoms with E-state index < -0.39 is 5.60 Å². The third-order valence-electron chi connectivity index (χ3n) is 2.81. The van der Waals surface area contributed by atoms with Crippen LogP contribution in [-0.2, 0) is 0 Å². The largest absolute Gasteiger partial charge is 0.390 e. The van der Waals surface area contributed by atoms with Gasteiger partial charge in [0.2, 0.25) is 0 Å². The zero-order chi connectivity index (χ0) is 10.3. The summed E-state index contributed by atoms with van der Waals surface area (Å²) in [6.45, 7) is 10.0. The summed E-state index contributed by atoms with van der Waals surface area (Å²) >= 11 is 0. The molecule has 0 aromatic rings. The van der Waals surface area contributed by atoms with Crippen molar-refractivity contribution in [2.45, 2.75) is 64.9 Å². The highest BCUT2D eigenvalue weighted by atomic mass is 16.3. The van der Waals surface area contributed by atoms with Crippen LogP contribution in [0.25, 0.3) is 0 Å². The molecule has 0 aliphatic carbocycles. The van der Waals surface area contributed by atoms with E-state index in [1.165, 1.54) is 5.57 Å². The van der Waals surface area contributed by atoms with E-state index in [1.807, 2.05) is 0 Å². The Balaban J connectivity index is 3.55. The van der Waals surface area contributed by atoms with E-state index in [0.717, 1.165) is 38.5 Å². The maximum absolute atomic E-state index is 9.97. The van der Waals surface area contributed by atoms with Gasteiger partial charge in [-0.05, 0) is 39.0 Å². The monoisotopic (exact) mass is 184 g/mol. The number of allylic oxidation sites excluding steroid dienone is 1. The number of hydrogen-bond acceptors (Lipinski definition) is 1. The zero-order valence-corrected chi connectivity index (χ0v) is 9.40. The van der Waals surface area contributed by atoms with E-state index in [-0.39, 0.29) is 0 Å². The van der Waals surface area contributed by atoms with Crippen molar-refractivity contribution in [3.8, 4) is 0 Å². The van der Waals surface area contributed by atoms with Crippen molar-refractivity contribution in [1.29, 1.82) is 0 Å². The highest BCUT2D eigenvalue weighted by molar-refractivity contribution is 4.87. The van der Waals surface area contributed by atoms with Crippen molar-refractivity contribution in [3.05, 3.63) is 12.2 Å². The molecular weight excluding hydrogens is 160 g/mol. The first-order chi connectivity index (χ1) is 6.04. The second-order valence-corrected chi connectivity index (χ2v) is 4.10. The van der Waals surface area contributed by atoms with Gasteiger partial charge < -0.3 is 5.11 Å². The molecule has 78 valence electrons. The van der Waals surface area contributed by atoms with Gasteiger partial charge in [0.05, 0.1) is 5.60 Å². The summed E-state index contributed by atoms with van der Waals surface area (Å²) in [5.74, 6) is 0. The third kappa shape index (κ3) is 5.87. The smallest absolute Gasteiger partial charge is 0.0642 e. The van der Waals surface area contributed by atoms with Gasteiger partial charge in [0.1, 0.15) is 0 Å². The minimum Gasteiger partial charge on any atom is -0.390 e. The minimum atomic E-state index is -0.408. The van der Waals surface area contributed by atoms with E-state index in [2.05, 4.69) is 27.4 Å². The van der Waals surface area contributed by atoms with Crippen LogP contribution in [-0.4, -0.2) is 10.7 Å². The Hall–Kier alpha value is -0.300. The molecule has 1 N–H and O–H groups in total. The molecule has 13 heavy (non-hydrogen) atoms. The van der Waals surface area contributed by atoms with Gasteiger partial charge in [-0.25, -0.2) is 0 Å². The SMILES string of the molecule is C=C(C)CCCCC(O)(CC)CC. The molecule has 0 radical (unpaired) electrons. The molecule has 0 amide bonds. The van der Waals surface area contributed by atoms with Crippen molar-refractivity contribution in [2.24, 2.45) is 0 Å². The van der Waals surface area contributed by atoms with E-state index in [0.29, 0.717) is 0 Å². The van der Waals surface area contributed by atoms with E-state index in [1.54, 1.807) is 0 Å². The first kappa shape index (κ1) is 12.7. The molecule has 0 aliphatic rings. The van der Waals surface area contributed by atoms with Crippen LogP contribution < -0.4 is 0 Å². The zero-order valence-electron chi connectivity index (χ0n) is 9.40. The van der Waals surface area contributed by atoms with Gasteiger partial charge >= 0.3 is 0 Å². The van der Waals surface area contributed by atoms with Crippen molar-refractivity contribution >= 4 is 0 Å². The average Bonchev–Trinajstić information content (AvgIpc) is 2.12. The molecule has 0 spiro atoms. The fourth-order valence-corrected chi connectivity index (χ4v) is 1.48. The van der Waals surface area contributed by atoms with Gasteiger partial charge in [0.25, 0.3) is 0 Å². The van der Waals surface area contributed by atoms with E-state index in [9.17, 15) is 5.11 Å². The maximum atomic E-state index is 9.97. The van der Waals surface area contributed by atoms with Crippen LogP contribution in [0.5, 0.6) is 0 Å². The number of rotatable bonds is 7. The van der Waals surface area contributed by atoms with Crippen molar-refractivity contribution in [3.63, 3.8) is 0 Å². The van der Waals surface area contributed by atoms with E-state index >= 15 is 0 Å². The second kappa shape index (κ2) is 6.20. The fourth-order valence-electron chi connectivity index (χ4n) is 1.48. The molecule has 0 atom stereocenters. The Morgan fingerprint density at radius 3 is 2.15 bits per heavy atom. The quantitative estimate of drug-likeness (QED) is 0.473. The van der Waals surface area contributed by atoms with Crippen LogP contribution in [0.4, 0.5) is 0 Å². The Bertz CT molecular complexity index is 145. The summed E-state index contributed by atoms with van der Waals surface area (Å²) in [6, 6.07) is 0. The molecule has 1 nitrogen and oxygen atoms in total. The molecule has 0 fully saturated rings. The lowest BCUT2D eigenvalue weighted by atomic mass is 9.90. The van der Waals surface area contributed by atoms with Gasteiger partial charge in [-0.1, -0.05) is 25.8 Å². The van der Waals surface area contributed by atoms with Crippen molar-refractivity contribution < 1.29 is 5.11 Å². The Morgan fingerprint density at radius 2 is 1.77 bits per heavy atom. The average molecular weight is 184 g/mol. The summed E-state index contributed by atoms with van der Waals surface area (Å²) in [5.41, 5.74) is 0.839. The maximum Gasteiger partial charge on any atom is 0.0642 e. The first-order valence-corrected chi connectivity index (χ1v) is 5.41. The van der Waals surface area contributed by atoms with Gasteiger partial charge in [-0.15, -0.1) is 6.58 Å². The van der Waals surface area contributed by atoms with Crippen LogP contribution in [0.3, 0.4) is 0 Å². The summed E-state index contributed by atoms with van der Waals surface area (Å²) in [5, 5.41) is 9.97. The van der Waals surface area contributed by atoms with Crippen molar-refractivity contribution in [2.75, 3.05) is 0 Å². The lowest BCUT2D eigenvalue weighted by Crippen LogP contribution is -2.26. The lowest BCUT2D eigenvalue weighted by Gasteiger charge is -2.24. The van der Waals surface area contributed by atoms with Gasteiger partial charge in [0.15, 0.2) is 0 Å². The molecule has 0 aliphatic heterocycles. The molecular formula is C12H24O. The van der Waals surface area contributed by atoms with Crippen LogP contribution >= 0.6 is 0 Å². The highest BCUT2D eigenvalue weighted by Crippen LogP contribution is 2.22. The van der Waals surface area contributed by atoms with Crippen molar-refractivity contribution in [1.82, 2.24) is 0 Å². The predicted octanol–water partition coefficient (Wildman–Crippen LogP) is 3.67. The summed E-state index contributed by atoms with van der Waals surface area (Å²) in [4.78, 5) is 0. The summed E-state index contributed by atoms with van der Waals surface area (Å²) in [7, 11) is 0. The van der Waals surface area contributed by atoms with Crippen LogP contribution in [0.15, 0.2) is 12.2 Å². The predicted molar refractivity (Wildman–Crippen MR) is 58.8 cm³/mol. The summed E-state index contributed by atoms with van der Waals surface area (Å²) in [6.07, 6.45) is 6.06. The molecule has 0 bridgehead atoms. The molecule has 0 saturated carbocycles. The molecule has 1 heteroatoms. The molecule has 0 unspecified atom stereocenters. The Morgan fingerprint density at radius 1 is 1.23 bits per heavy atom. The Labute approximate surface area is 82.9 Å². The standard InChI is InChI=1S/C12H24O/c1-5-12(13,6-2)10-8-7-9-11(3)4/h13H,3,5-10H2,1-2,4H3. The molecule has 0 saturated heterocycles. The first-order valence-electron chi connectivity index (χ1n) is 5.41. The van der Waals surface area contributed by atoms with Gasteiger partial charge in [-0.2, -0.15) is 0 Å². The molecule has 0 rings (SSSR count). The van der Waals surface area contributed by atoms with E-state index in [4.69, 9.17) is 0 Å². The topological polar surface area (TPSA) is 20.2 Å². The number of aliphatic hydroxyl groups is 1. The number of unbranched alkanes of at least 4 members (excludes halogenated alkanes) is 1. The Kier molecular flexibility index (Phi) is 6.06.